The maximum Gasteiger partial charge on any atom is 0.244 e. The molecule has 1 aliphatic rings. The highest BCUT2D eigenvalue weighted by molar-refractivity contribution is 7.92. The van der Waals surface area contributed by atoms with E-state index in [2.05, 4.69) is 5.32 Å². The molecule has 0 aromatic heterocycles. The lowest BCUT2D eigenvalue weighted by atomic mass is 9.95. The molecule has 1 atom stereocenters. The Bertz CT molecular complexity index is 1150. The lowest BCUT2D eigenvalue weighted by molar-refractivity contribution is -0.140. The van der Waals surface area contributed by atoms with E-state index in [1.807, 2.05) is 38.1 Å². The molecule has 1 saturated carbocycles. The third kappa shape index (κ3) is 7.53. The molecule has 2 amide bonds. The molecule has 2 aromatic rings. The van der Waals surface area contributed by atoms with E-state index in [1.54, 1.807) is 0 Å². The maximum atomic E-state index is 13.7. The van der Waals surface area contributed by atoms with Gasteiger partial charge < -0.3 is 10.2 Å². The summed E-state index contributed by atoms with van der Waals surface area (Å²) in [7, 11) is -3.85. The fourth-order valence-corrected chi connectivity index (χ4v) is 5.54. The van der Waals surface area contributed by atoms with E-state index < -0.39 is 34.3 Å². The number of carbonyl (C=O) groups excluding carboxylic acids is 2. The number of sulfonamides is 1. The molecule has 0 aliphatic heterocycles. The Hall–Kier alpha value is -2.94. The first-order chi connectivity index (χ1) is 17.1. The normalized spacial score (nSPS) is 15.2. The van der Waals surface area contributed by atoms with E-state index in [9.17, 15) is 22.4 Å². The second kappa shape index (κ2) is 12.3. The number of hydrogen-bond acceptors (Lipinski definition) is 4. The molecule has 3 rings (SSSR count). The minimum absolute atomic E-state index is 0.0861. The molecule has 1 N–H and O–H groups in total. The Morgan fingerprint density at radius 3 is 2.33 bits per heavy atom. The van der Waals surface area contributed by atoms with Gasteiger partial charge in [-0.25, -0.2) is 12.8 Å². The number of rotatable bonds is 10. The summed E-state index contributed by atoms with van der Waals surface area (Å²) < 4.78 is 39.6. The lowest BCUT2D eigenvalue weighted by Crippen LogP contribution is -2.53. The lowest BCUT2D eigenvalue weighted by Gasteiger charge is -2.34. The molecule has 7 nitrogen and oxygen atoms in total. The molecule has 36 heavy (non-hydrogen) atoms. The summed E-state index contributed by atoms with van der Waals surface area (Å²) in [5, 5.41) is 3.12. The number of benzene rings is 2. The third-order valence-corrected chi connectivity index (χ3v) is 7.71. The van der Waals surface area contributed by atoms with Crippen LogP contribution in [0.5, 0.6) is 0 Å². The first kappa shape index (κ1) is 27.6. The quantitative estimate of drug-likeness (QED) is 0.513. The van der Waals surface area contributed by atoms with Crippen LogP contribution in [0.2, 0.25) is 0 Å². The standard InChI is InChI=1S/C27H36FN3O4S/c1-4-25(27(33)29-23-11-6-5-7-12-23)30(18-21-10-8-9-20(2)17-21)26(32)19-31(36(3,34)35)24-15-13-22(28)14-16-24/h8-10,13-17,23,25H,4-7,11-12,18-19H2,1-3H3,(H,29,33). The number of anilines is 1. The van der Waals surface area contributed by atoms with Gasteiger partial charge in [-0.15, -0.1) is 0 Å². The van der Waals surface area contributed by atoms with Gasteiger partial charge in [0.1, 0.15) is 18.4 Å². The molecular weight excluding hydrogens is 481 g/mol. The number of carbonyl (C=O) groups is 2. The van der Waals surface area contributed by atoms with Crippen LogP contribution < -0.4 is 9.62 Å². The van der Waals surface area contributed by atoms with E-state index >= 15 is 0 Å². The Morgan fingerprint density at radius 2 is 1.75 bits per heavy atom. The second-order valence-electron chi connectivity index (χ2n) is 9.52. The van der Waals surface area contributed by atoms with Gasteiger partial charge in [0.2, 0.25) is 21.8 Å². The molecule has 0 heterocycles. The van der Waals surface area contributed by atoms with Crippen molar-refractivity contribution in [2.24, 2.45) is 0 Å². The first-order valence-corrected chi connectivity index (χ1v) is 14.3. The number of hydrogen-bond donors (Lipinski definition) is 1. The third-order valence-electron chi connectivity index (χ3n) is 6.57. The largest absolute Gasteiger partial charge is 0.352 e. The van der Waals surface area contributed by atoms with Crippen molar-refractivity contribution >= 4 is 27.5 Å². The van der Waals surface area contributed by atoms with Crippen molar-refractivity contribution in [3.05, 3.63) is 65.5 Å². The second-order valence-corrected chi connectivity index (χ2v) is 11.4. The monoisotopic (exact) mass is 517 g/mol. The maximum absolute atomic E-state index is 13.7. The van der Waals surface area contributed by atoms with E-state index in [0.717, 1.165) is 65.9 Å². The Kier molecular flexibility index (Phi) is 9.48. The highest BCUT2D eigenvalue weighted by Crippen LogP contribution is 2.22. The molecule has 1 aliphatic carbocycles. The zero-order valence-electron chi connectivity index (χ0n) is 21.2. The smallest absolute Gasteiger partial charge is 0.244 e. The summed E-state index contributed by atoms with van der Waals surface area (Å²) in [5.41, 5.74) is 2.05. The molecule has 0 radical (unpaired) electrons. The summed E-state index contributed by atoms with van der Waals surface area (Å²) in [5.74, 6) is -1.24. The van der Waals surface area contributed by atoms with Gasteiger partial charge in [-0.2, -0.15) is 0 Å². The van der Waals surface area contributed by atoms with E-state index in [-0.39, 0.29) is 24.2 Å². The zero-order valence-corrected chi connectivity index (χ0v) is 22.1. The van der Waals surface area contributed by atoms with Gasteiger partial charge in [-0.05, 0) is 56.0 Å². The summed E-state index contributed by atoms with van der Waals surface area (Å²) in [6.07, 6.45) is 6.50. The minimum atomic E-state index is -3.85. The molecule has 2 aromatic carbocycles. The van der Waals surface area contributed by atoms with Crippen molar-refractivity contribution < 1.29 is 22.4 Å². The fourth-order valence-electron chi connectivity index (χ4n) is 4.69. The van der Waals surface area contributed by atoms with E-state index in [4.69, 9.17) is 0 Å². The fraction of sp³-hybridized carbons (Fsp3) is 0.481. The average molecular weight is 518 g/mol. The highest BCUT2D eigenvalue weighted by Gasteiger charge is 2.32. The van der Waals surface area contributed by atoms with Crippen LogP contribution in [0.3, 0.4) is 0 Å². The number of nitrogens with zero attached hydrogens (tertiary/aromatic N) is 2. The Balaban J connectivity index is 1.90. The molecule has 1 fully saturated rings. The molecule has 0 spiro atoms. The highest BCUT2D eigenvalue weighted by atomic mass is 32.2. The van der Waals surface area contributed by atoms with E-state index in [0.29, 0.717) is 6.42 Å². The number of halogens is 1. The average Bonchev–Trinajstić information content (AvgIpc) is 2.83. The molecular formula is C27H36FN3O4S. The molecule has 0 bridgehead atoms. The van der Waals surface area contributed by atoms with Gasteiger partial charge in [0.25, 0.3) is 0 Å². The van der Waals surface area contributed by atoms with Crippen LogP contribution in [-0.4, -0.2) is 50.0 Å². The first-order valence-electron chi connectivity index (χ1n) is 12.5. The van der Waals surface area contributed by atoms with Gasteiger partial charge in [0.15, 0.2) is 0 Å². The Labute approximate surface area is 213 Å². The number of aryl methyl sites for hydroxylation is 1. The van der Waals surface area contributed by atoms with Crippen molar-refractivity contribution in [2.75, 3.05) is 17.1 Å². The van der Waals surface area contributed by atoms with Crippen LogP contribution in [0.1, 0.15) is 56.6 Å². The van der Waals surface area contributed by atoms with Crippen molar-refractivity contribution in [1.82, 2.24) is 10.2 Å². The molecule has 196 valence electrons. The zero-order chi connectivity index (χ0) is 26.3. The number of nitrogens with one attached hydrogen (secondary N) is 1. The summed E-state index contributed by atoms with van der Waals surface area (Å²) in [6, 6.07) is 11.9. The molecule has 0 saturated heterocycles. The predicted octanol–water partition coefficient (Wildman–Crippen LogP) is 4.16. The molecule has 9 heteroatoms. The van der Waals surface area contributed by atoms with E-state index in [1.165, 1.54) is 17.0 Å². The van der Waals surface area contributed by atoms with Crippen LogP contribution in [-0.2, 0) is 26.2 Å². The molecule has 1 unspecified atom stereocenters. The van der Waals surface area contributed by atoms with Crippen LogP contribution >= 0.6 is 0 Å². The number of amides is 2. The van der Waals surface area contributed by atoms with Crippen molar-refractivity contribution in [2.45, 2.75) is 71.0 Å². The minimum Gasteiger partial charge on any atom is -0.352 e. The van der Waals surface area contributed by atoms with Crippen LogP contribution in [0.4, 0.5) is 10.1 Å². The van der Waals surface area contributed by atoms with Crippen LogP contribution in [0.15, 0.2) is 48.5 Å². The topological polar surface area (TPSA) is 86.8 Å². The van der Waals surface area contributed by atoms with Crippen LogP contribution in [0.25, 0.3) is 0 Å². The SMILES string of the molecule is CCC(C(=O)NC1CCCCC1)N(Cc1cccc(C)c1)C(=O)CN(c1ccc(F)cc1)S(C)(=O)=O. The van der Waals surface area contributed by atoms with Crippen molar-refractivity contribution in [3.63, 3.8) is 0 Å². The summed E-state index contributed by atoms with van der Waals surface area (Å²) >= 11 is 0. The van der Waals surface area contributed by atoms with Gasteiger partial charge in [-0.3, -0.25) is 13.9 Å². The predicted molar refractivity (Wildman–Crippen MR) is 139 cm³/mol. The van der Waals surface area contributed by atoms with Gasteiger partial charge in [0.05, 0.1) is 11.9 Å². The van der Waals surface area contributed by atoms with Gasteiger partial charge in [0, 0.05) is 12.6 Å². The van der Waals surface area contributed by atoms with Crippen LogP contribution in [0, 0.1) is 12.7 Å². The van der Waals surface area contributed by atoms with Gasteiger partial charge >= 0.3 is 0 Å². The Morgan fingerprint density at radius 1 is 1.08 bits per heavy atom. The van der Waals surface area contributed by atoms with Crippen molar-refractivity contribution in [3.8, 4) is 0 Å². The van der Waals surface area contributed by atoms with Crippen molar-refractivity contribution in [1.29, 1.82) is 0 Å². The summed E-state index contributed by atoms with van der Waals surface area (Å²) in [6.45, 7) is 3.46. The van der Waals surface area contributed by atoms with Gasteiger partial charge in [-0.1, -0.05) is 56.0 Å². The summed E-state index contributed by atoms with van der Waals surface area (Å²) in [4.78, 5) is 28.5.